The number of benzene rings is 3. The number of hydrogen-bond donors (Lipinski definition) is 2. The SMILES string of the molecule is O=C1CCC(N2C(=O)c3cccc(OCCCCCCC(=O)N4CCC5(CC4)CCN(c4cncc(Nc6ncc(Cl)c(-c7cccc(-c8ccccc8)c7)n6)c4)C5=O)c3C2=O)C(=O)N1. The van der Waals surface area contributed by atoms with Crippen molar-refractivity contribution in [2.24, 2.45) is 5.41 Å². The Balaban J connectivity index is 0.721. The zero-order valence-corrected chi connectivity index (χ0v) is 36.4. The monoisotopic (exact) mass is 894 g/mol. The molecule has 0 aliphatic carbocycles. The van der Waals surface area contributed by atoms with Crippen molar-refractivity contribution < 1.29 is 33.5 Å². The number of carbonyl (C=O) groups is 6. The fourth-order valence-corrected chi connectivity index (χ4v) is 9.47. The summed E-state index contributed by atoms with van der Waals surface area (Å²) in [4.78, 5) is 95.9. The Kier molecular flexibility index (Phi) is 12.4. The third-order valence-electron chi connectivity index (χ3n) is 12.8. The van der Waals surface area contributed by atoms with E-state index in [1.807, 2.05) is 53.4 Å². The summed E-state index contributed by atoms with van der Waals surface area (Å²) in [6, 6.07) is 23.7. The molecular formula is C49H47ClN8O7. The van der Waals surface area contributed by atoms with Gasteiger partial charge in [0.15, 0.2) is 0 Å². The van der Waals surface area contributed by atoms with Gasteiger partial charge in [0.25, 0.3) is 11.8 Å². The summed E-state index contributed by atoms with van der Waals surface area (Å²) in [7, 11) is 0. The lowest BCUT2D eigenvalue weighted by atomic mass is 9.77. The summed E-state index contributed by atoms with van der Waals surface area (Å²) in [6.45, 7) is 1.92. The maximum Gasteiger partial charge on any atom is 0.266 e. The number of rotatable bonds is 14. The maximum atomic E-state index is 14.0. The molecule has 1 spiro atoms. The molecule has 3 aromatic carbocycles. The van der Waals surface area contributed by atoms with Crippen LogP contribution in [0, 0.1) is 5.41 Å². The van der Waals surface area contributed by atoms with E-state index in [1.54, 1.807) is 35.6 Å². The number of likely N-dealkylation sites (tertiary alicyclic amines) is 1. The second kappa shape index (κ2) is 18.6. The van der Waals surface area contributed by atoms with Gasteiger partial charge in [-0.05, 0) is 73.9 Å². The van der Waals surface area contributed by atoms with Crippen molar-refractivity contribution in [1.82, 2.24) is 30.1 Å². The number of anilines is 3. The number of carbonyl (C=O) groups excluding carboxylic acids is 6. The molecule has 2 aromatic heterocycles. The van der Waals surface area contributed by atoms with E-state index < -0.39 is 35.1 Å². The number of aromatic nitrogens is 3. The van der Waals surface area contributed by atoms with Crippen LogP contribution in [0.1, 0.15) is 84.9 Å². The predicted octanol–water partition coefficient (Wildman–Crippen LogP) is 7.38. The average molecular weight is 895 g/mol. The topological polar surface area (TPSA) is 184 Å². The summed E-state index contributed by atoms with van der Waals surface area (Å²) >= 11 is 6.60. The molecular weight excluding hydrogens is 848 g/mol. The largest absolute Gasteiger partial charge is 0.493 e. The lowest BCUT2D eigenvalue weighted by Gasteiger charge is -2.38. The van der Waals surface area contributed by atoms with Crippen molar-refractivity contribution in [3.8, 4) is 28.1 Å². The van der Waals surface area contributed by atoms with Gasteiger partial charge >= 0.3 is 0 Å². The highest BCUT2D eigenvalue weighted by Gasteiger charge is 2.49. The number of fused-ring (bicyclic) bond motifs is 1. The van der Waals surface area contributed by atoms with E-state index in [9.17, 15) is 28.8 Å². The lowest BCUT2D eigenvalue weighted by molar-refractivity contribution is -0.137. The third kappa shape index (κ3) is 8.92. The molecule has 16 heteroatoms. The minimum atomic E-state index is -1.04. The number of pyridine rings is 1. The molecule has 65 heavy (non-hydrogen) atoms. The summed E-state index contributed by atoms with van der Waals surface area (Å²) in [5.74, 6) is -1.52. The molecule has 5 aromatic rings. The number of ether oxygens (including phenoxy) is 1. The van der Waals surface area contributed by atoms with Crippen molar-refractivity contribution in [1.29, 1.82) is 0 Å². The summed E-state index contributed by atoms with van der Waals surface area (Å²) < 4.78 is 5.95. The van der Waals surface area contributed by atoms with Gasteiger partial charge in [0.1, 0.15) is 11.8 Å². The van der Waals surface area contributed by atoms with Gasteiger partial charge in [0.05, 0.1) is 63.8 Å². The Morgan fingerprint density at radius 2 is 1.57 bits per heavy atom. The highest BCUT2D eigenvalue weighted by molar-refractivity contribution is 6.33. The van der Waals surface area contributed by atoms with E-state index in [2.05, 4.69) is 32.7 Å². The molecule has 6 amide bonds. The van der Waals surface area contributed by atoms with Crippen molar-refractivity contribution in [3.05, 3.63) is 114 Å². The molecule has 4 aliphatic rings. The second-order valence-corrected chi connectivity index (χ2v) is 17.3. The summed E-state index contributed by atoms with van der Waals surface area (Å²) in [5.41, 5.74) is 4.66. The normalized spacial score (nSPS) is 18.0. The molecule has 6 heterocycles. The van der Waals surface area contributed by atoms with Gasteiger partial charge in [-0.15, -0.1) is 0 Å². The zero-order chi connectivity index (χ0) is 45.1. The number of piperidine rings is 2. The highest BCUT2D eigenvalue weighted by atomic mass is 35.5. The molecule has 0 saturated carbocycles. The van der Waals surface area contributed by atoms with Gasteiger partial charge < -0.3 is 19.9 Å². The number of halogens is 1. The molecule has 4 aliphatic heterocycles. The van der Waals surface area contributed by atoms with Gasteiger partial charge in [-0.3, -0.25) is 44.0 Å². The Hall–Kier alpha value is -7.00. The second-order valence-electron chi connectivity index (χ2n) is 16.9. The molecule has 1 unspecified atom stereocenters. The Morgan fingerprint density at radius 3 is 2.38 bits per heavy atom. The van der Waals surface area contributed by atoms with E-state index in [1.165, 1.54) is 6.07 Å². The van der Waals surface area contributed by atoms with Gasteiger partial charge in [0, 0.05) is 38.0 Å². The van der Waals surface area contributed by atoms with E-state index >= 15 is 0 Å². The minimum Gasteiger partial charge on any atom is -0.493 e. The standard InChI is InChI=1S/C49H47ClN8O7/c50-37-30-52-48(55-43(37)33-13-8-12-32(26-33)31-10-4-3-5-11-31)53-34-27-35(29-51-28-34)57-24-21-49(47(57)64)19-22-56(23-20-49)41(60)16-6-1-2-7-25-65-39-15-9-14-36-42(39)46(63)58(45(36)62)38-17-18-40(59)54-44(38)61/h3-5,8-15,26-30,38H,1-2,6-7,16-25H2,(H,52,53,55)(H,54,59,61). The van der Waals surface area contributed by atoms with E-state index in [-0.39, 0.29) is 41.5 Å². The molecule has 2 N–H and O–H groups in total. The fraction of sp³-hybridized carbons (Fsp3) is 0.327. The lowest BCUT2D eigenvalue weighted by Crippen LogP contribution is -2.54. The molecule has 3 saturated heterocycles. The quantitative estimate of drug-likeness (QED) is 0.0838. The van der Waals surface area contributed by atoms with Crippen LogP contribution in [0.3, 0.4) is 0 Å². The number of nitrogens with zero attached hydrogens (tertiary/aromatic N) is 6. The first kappa shape index (κ1) is 43.3. The minimum absolute atomic E-state index is 0.0461. The van der Waals surface area contributed by atoms with E-state index in [0.717, 1.165) is 34.4 Å². The van der Waals surface area contributed by atoms with Gasteiger partial charge in [-0.1, -0.05) is 79.0 Å². The first-order valence-corrected chi connectivity index (χ1v) is 22.4. The third-order valence-corrected chi connectivity index (χ3v) is 13.1. The molecule has 332 valence electrons. The van der Waals surface area contributed by atoms with Gasteiger partial charge in [-0.25, -0.2) is 9.97 Å². The van der Waals surface area contributed by atoms with Crippen molar-refractivity contribution in [2.45, 2.75) is 70.3 Å². The zero-order valence-electron chi connectivity index (χ0n) is 35.6. The number of imide groups is 2. The van der Waals surface area contributed by atoms with E-state index in [4.69, 9.17) is 21.3 Å². The van der Waals surface area contributed by atoms with Crippen LogP contribution >= 0.6 is 11.6 Å². The number of unbranched alkanes of at least 4 members (excludes halogenated alkanes) is 3. The Bertz CT molecular complexity index is 2690. The van der Waals surface area contributed by atoms with Gasteiger partial charge in [-0.2, -0.15) is 0 Å². The van der Waals surface area contributed by atoms with Crippen LogP contribution in [0.15, 0.2) is 97.5 Å². The Morgan fingerprint density at radius 1 is 0.815 bits per heavy atom. The molecule has 3 fully saturated rings. The number of hydrogen-bond acceptors (Lipinski definition) is 11. The predicted molar refractivity (Wildman–Crippen MR) is 242 cm³/mol. The van der Waals surface area contributed by atoms with Crippen molar-refractivity contribution in [2.75, 3.05) is 36.5 Å². The molecule has 0 bridgehead atoms. The van der Waals surface area contributed by atoms with Crippen molar-refractivity contribution in [3.63, 3.8) is 0 Å². The maximum absolute atomic E-state index is 14.0. The van der Waals surface area contributed by atoms with Crippen LogP contribution < -0.4 is 20.3 Å². The first-order valence-electron chi connectivity index (χ1n) is 22.1. The number of amides is 6. The van der Waals surface area contributed by atoms with Crippen LogP contribution in [0.4, 0.5) is 17.3 Å². The number of nitrogens with one attached hydrogen (secondary N) is 2. The van der Waals surface area contributed by atoms with Crippen LogP contribution in [0.25, 0.3) is 22.4 Å². The van der Waals surface area contributed by atoms with Crippen LogP contribution in [-0.2, 0) is 19.2 Å². The fourth-order valence-electron chi connectivity index (χ4n) is 9.27. The molecule has 1 atom stereocenters. The summed E-state index contributed by atoms with van der Waals surface area (Å²) in [6.07, 6.45) is 10.4. The molecule has 0 radical (unpaired) electrons. The van der Waals surface area contributed by atoms with Crippen LogP contribution in [0.5, 0.6) is 5.75 Å². The van der Waals surface area contributed by atoms with Crippen LogP contribution in [0.2, 0.25) is 5.02 Å². The Labute approximate surface area is 380 Å². The van der Waals surface area contributed by atoms with Gasteiger partial charge in [0.2, 0.25) is 29.6 Å². The highest BCUT2D eigenvalue weighted by Crippen LogP contribution is 2.44. The van der Waals surface area contributed by atoms with E-state index in [0.29, 0.717) is 92.8 Å². The molecule has 9 rings (SSSR count). The van der Waals surface area contributed by atoms with Crippen LogP contribution in [-0.4, -0.2) is 92.5 Å². The van der Waals surface area contributed by atoms with Crippen molar-refractivity contribution >= 4 is 64.4 Å². The smallest absolute Gasteiger partial charge is 0.266 e. The average Bonchev–Trinajstić information content (AvgIpc) is 3.77. The molecule has 15 nitrogen and oxygen atoms in total. The summed E-state index contributed by atoms with van der Waals surface area (Å²) in [5, 5.41) is 5.87. The first-order chi connectivity index (χ1) is 31.6.